The summed E-state index contributed by atoms with van der Waals surface area (Å²) >= 11 is 1.90. The fourth-order valence-electron chi connectivity index (χ4n) is 2.48. The number of fused-ring (bicyclic) bond motifs is 3. The number of allylic oxidation sites excluding steroid dienone is 1. The first kappa shape index (κ1) is 9.37. The maximum absolute atomic E-state index is 3.57. The van der Waals surface area contributed by atoms with Gasteiger partial charge in [0.15, 0.2) is 0 Å². The minimum absolute atomic E-state index is 1.07. The Bertz CT molecular complexity index is 643. The van der Waals surface area contributed by atoms with E-state index in [4.69, 9.17) is 0 Å². The highest BCUT2D eigenvalue weighted by atomic mass is 32.2. The lowest BCUT2D eigenvalue weighted by atomic mass is 10.1. The van der Waals surface area contributed by atoms with Crippen molar-refractivity contribution in [2.24, 2.45) is 0 Å². The number of hydrogen-bond acceptors (Lipinski definition) is 2. The highest BCUT2D eigenvalue weighted by molar-refractivity contribution is 8.03. The fraction of sp³-hybridized carbons (Fsp3) is 0.0667. The number of anilines is 1. The standard InChI is InChI=1S/C15H11NS/c1-2-6-11-10(5-1)9-14-15(11)16-12-7-3-4-8-13(12)17-14/h1-8,16H,9H2. The highest BCUT2D eigenvalue weighted by Gasteiger charge is 2.26. The van der Waals surface area contributed by atoms with Gasteiger partial charge in [0.1, 0.15) is 0 Å². The number of thioether (sulfide) groups is 1. The van der Waals surface area contributed by atoms with Crippen LogP contribution in [0.2, 0.25) is 0 Å². The number of hydrogen-bond donors (Lipinski definition) is 1. The molecular weight excluding hydrogens is 226 g/mol. The van der Waals surface area contributed by atoms with Crippen molar-refractivity contribution in [2.75, 3.05) is 5.32 Å². The topological polar surface area (TPSA) is 12.0 Å². The molecule has 0 bridgehead atoms. The maximum atomic E-state index is 3.57. The van der Waals surface area contributed by atoms with E-state index in [2.05, 4.69) is 53.8 Å². The minimum Gasteiger partial charge on any atom is -0.353 e. The van der Waals surface area contributed by atoms with Crippen molar-refractivity contribution >= 4 is 23.1 Å². The molecular formula is C15H11NS. The van der Waals surface area contributed by atoms with Crippen molar-refractivity contribution in [3.63, 3.8) is 0 Å². The van der Waals surface area contributed by atoms with Gasteiger partial charge in [0, 0.05) is 21.8 Å². The summed E-state index contributed by atoms with van der Waals surface area (Å²) in [6, 6.07) is 17.2. The van der Waals surface area contributed by atoms with E-state index in [0.29, 0.717) is 0 Å². The average Bonchev–Trinajstić information content (AvgIpc) is 2.73. The molecule has 0 spiro atoms. The van der Waals surface area contributed by atoms with E-state index in [1.165, 1.54) is 32.3 Å². The van der Waals surface area contributed by atoms with Crippen LogP contribution in [0.1, 0.15) is 11.1 Å². The molecule has 1 nitrogen and oxygen atoms in total. The Morgan fingerprint density at radius 2 is 1.76 bits per heavy atom. The van der Waals surface area contributed by atoms with Gasteiger partial charge in [-0.15, -0.1) is 0 Å². The largest absolute Gasteiger partial charge is 0.353 e. The van der Waals surface area contributed by atoms with E-state index in [0.717, 1.165) is 6.42 Å². The number of rotatable bonds is 0. The Kier molecular flexibility index (Phi) is 1.88. The van der Waals surface area contributed by atoms with Gasteiger partial charge >= 0.3 is 0 Å². The lowest BCUT2D eigenvalue weighted by molar-refractivity contribution is 1.29. The molecule has 2 aromatic rings. The Labute approximate surface area is 105 Å². The van der Waals surface area contributed by atoms with Crippen LogP contribution in [0.3, 0.4) is 0 Å². The van der Waals surface area contributed by atoms with Crippen molar-refractivity contribution < 1.29 is 0 Å². The maximum Gasteiger partial charge on any atom is 0.0564 e. The lowest BCUT2D eigenvalue weighted by Gasteiger charge is -2.20. The first-order chi connectivity index (χ1) is 8.42. The molecule has 0 fully saturated rings. The molecule has 82 valence electrons. The zero-order valence-corrected chi connectivity index (χ0v) is 10.1. The van der Waals surface area contributed by atoms with Crippen LogP contribution in [0.25, 0.3) is 5.70 Å². The molecule has 0 unspecified atom stereocenters. The summed E-state index contributed by atoms with van der Waals surface area (Å²) in [4.78, 5) is 2.78. The summed E-state index contributed by atoms with van der Waals surface area (Å²) in [6.45, 7) is 0. The van der Waals surface area contributed by atoms with Crippen LogP contribution in [0, 0.1) is 0 Å². The van der Waals surface area contributed by atoms with Gasteiger partial charge in [-0.2, -0.15) is 0 Å². The predicted octanol–water partition coefficient (Wildman–Crippen LogP) is 4.13. The number of para-hydroxylation sites is 1. The molecule has 17 heavy (non-hydrogen) atoms. The molecule has 2 heteroatoms. The van der Waals surface area contributed by atoms with Crippen LogP contribution < -0.4 is 5.32 Å². The summed E-state index contributed by atoms with van der Waals surface area (Å²) in [7, 11) is 0. The van der Waals surface area contributed by atoms with Crippen molar-refractivity contribution in [3.8, 4) is 0 Å². The van der Waals surface area contributed by atoms with Gasteiger partial charge in [-0.3, -0.25) is 0 Å². The van der Waals surface area contributed by atoms with Crippen molar-refractivity contribution in [3.05, 3.63) is 64.6 Å². The monoisotopic (exact) mass is 237 g/mol. The summed E-state index contributed by atoms with van der Waals surface area (Å²) < 4.78 is 0. The molecule has 2 aromatic carbocycles. The van der Waals surface area contributed by atoms with Gasteiger partial charge < -0.3 is 5.32 Å². The zero-order valence-electron chi connectivity index (χ0n) is 9.23. The lowest BCUT2D eigenvalue weighted by Crippen LogP contribution is -2.03. The SMILES string of the molecule is c1ccc2c(c1)CC1=C2Nc2ccccc2S1. The van der Waals surface area contributed by atoms with E-state index < -0.39 is 0 Å². The Hall–Kier alpha value is -1.67. The normalized spacial score (nSPS) is 16.0. The third-order valence-corrected chi connectivity index (χ3v) is 4.47. The highest BCUT2D eigenvalue weighted by Crippen LogP contribution is 2.47. The summed E-state index contributed by atoms with van der Waals surface area (Å²) in [6.07, 6.45) is 1.07. The van der Waals surface area contributed by atoms with Gasteiger partial charge in [0.25, 0.3) is 0 Å². The van der Waals surface area contributed by atoms with Gasteiger partial charge in [0.2, 0.25) is 0 Å². The Morgan fingerprint density at radius 1 is 0.941 bits per heavy atom. The molecule has 2 aliphatic rings. The Balaban J connectivity index is 1.84. The van der Waals surface area contributed by atoms with Crippen LogP contribution in [0.4, 0.5) is 5.69 Å². The summed E-state index contributed by atoms with van der Waals surface area (Å²) in [5.74, 6) is 0. The second-order valence-corrected chi connectivity index (χ2v) is 5.49. The van der Waals surface area contributed by atoms with Crippen molar-refractivity contribution in [2.45, 2.75) is 11.3 Å². The fourth-order valence-corrected chi connectivity index (χ4v) is 3.61. The van der Waals surface area contributed by atoms with Crippen molar-refractivity contribution in [1.82, 2.24) is 0 Å². The van der Waals surface area contributed by atoms with Gasteiger partial charge in [-0.25, -0.2) is 0 Å². The second-order valence-electron chi connectivity index (χ2n) is 4.36. The molecule has 0 atom stereocenters. The molecule has 1 aliphatic carbocycles. The van der Waals surface area contributed by atoms with Crippen LogP contribution >= 0.6 is 11.8 Å². The molecule has 1 heterocycles. The molecule has 0 aromatic heterocycles. The molecule has 0 saturated carbocycles. The van der Waals surface area contributed by atoms with Gasteiger partial charge in [0.05, 0.1) is 11.4 Å². The zero-order chi connectivity index (χ0) is 11.2. The summed E-state index contributed by atoms with van der Waals surface area (Å²) in [5, 5.41) is 3.57. The molecule has 0 amide bonds. The second kappa shape index (κ2) is 3.41. The van der Waals surface area contributed by atoms with Crippen LogP contribution in [-0.2, 0) is 6.42 Å². The van der Waals surface area contributed by atoms with E-state index in [1.807, 2.05) is 11.8 Å². The molecule has 4 rings (SSSR count). The molecule has 1 aliphatic heterocycles. The number of benzene rings is 2. The van der Waals surface area contributed by atoms with Crippen LogP contribution in [-0.4, -0.2) is 0 Å². The van der Waals surface area contributed by atoms with Crippen molar-refractivity contribution in [1.29, 1.82) is 0 Å². The average molecular weight is 237 g/mol. The van der Waals surface area contributed by atoms with E-state index in [1.54, 1.807) is 0 Å². The third kappa shape index (κ3) is 1.34. The predicted molar refractivity (Wildman–Crippen MR) is 73.0 cm³/mol. The van der Waals surface area contributed by atoms with Crippen LogP contribution in [0.5, 0.6) is 0 Å². The number of nitrogens with one attached hydrogen (secondary N) is 1. The molecule has 0 saturated heterocycles. The summed E-state index contributed by atoms with van der Waals surface area (Å²) in [5.41, 5.74) is 5.34. The Morgan fingerprint density at radius 3 is 2.76 bits per heavy atom. The minimum atomic E-state index is 1.07. The van der Waals surface area contributed by atoms with Gasteiger partial charge in [-0.1, -0.05) is 48.2 Å². The third-order valence-electron chi connectivity index (χ3n) is 3.30. The van der Waals surface area contributed by atoms with Gasteiger partial charge in [-0.05, 0) is 17.7 Å². The van der Waals surface area contributed by atoms with E-state index in [9.17, 15) is 0 Å². The van der Waals surface area contributed by atoms with Crippen LogP contribution in [0.15, 0.2) is 58.3 Å². The molecule has 0 radical (unpaired) electrons. The first-order valence-electron chi connectivity index (χ1n) is 5.77. The molecule has 1 N–H and O–H groups in total. The first-order valence-corrected chi connectivity index (χ1v) is 6.59. The quantitative estimate of drug-likeness (QED) is 0.739. The smallest absolute Gasteiger partial charge is 0.0564 e. The van der Waals surface area contributed by atoms with E-state index in [-0.39, 0.29) is 0 Å². The van der Waals surface area contributed by atoms with E-state index >= 15 is 0 Å².